The lowest BCUT2D eigenvalue weighted by molar-refractivity contribution is 0.102. The molecule has 0 fully saturated rings. The molecular weight excluding hydrogens is 394 g/mol. The number of urea groups is 1. The van der Waals surface area contributed by atoms with Gasteiger partial charge in [0.25, 0.3) is 0 Å². The Balaban J connectivity index is 2.14. The van der Waals surface area contributed by atoms with Gasteiger partial charge < -0.3 is 26.2 Å². The predicted octanol–water partition coefficient (Wildman–Crippen LogP) is 3.33. The molecule has 0 saturated heterocycles. The molecule has 7 heteroatoms. The molecule has 0 bridgehead atoms. The maximum Gasteiger partial charge on any atom is 0.404 e. The highest BCUT2D eigenvalue weighted by atomic mass is 16.4. The third-order valence-corrected chi connectivity index (χ3v) is 4.75. The molecule has 2 rings (SSSR count). The Kier molecular flexibility index (Phi) is 8.88. The Bertz CT molecular complexity index is 822. The number of rotatable bonds is 9. The number of hydrogen-bond acceptors (Lipinski definition) is 3. The lowest BCUT2D eigenvalue weighted by Crippen LogP contribution is -2.52. The van der Waals surface area contributed by atoms with E-state index in [1.54, 1.807) is 0 Å². The van der Waals surface area contributed by atoms with Crippen molar-refractivity contribution in [2.75, 3.05) is 0 Å². The standard InChI is InChI=1S/C24H33N3O4/c1-24(2,3)27-22(29)25-19(14-17-10-6-4-7-11-17)16-21(28)20(26-23(30)31)15-18-12-8-5-9-13-18/h4-13,19-21,26,28H,14-16H2,1-3H3,(H,30,31)(H2,25,27,29)/t19-,20-,21-/m0/s1. The Morgan fingerprint density at radius 3 is 1.87 bits per heavy atom. The number of nitrogens with one attached hydrogen (secondary N) is 3. The van der Waals surface area contributed by atoms with Gasteiger partial charge in [0.05, 0.1) is 12.1 Å². The van der Waals surface area contributed by atoms with Gasteiger partial charge in [-0.3, -0.25) is 0 Å². The van der Waals surface area contributed by atoms with Crippen LogP contribution in [0.3, 0.4) is 0 Å². The van der Waals surface area contributed by atoms with Crippen molar-refractivity contribution in [1.82, 2.24) is 16.0 Å². The molecule has 168 valence electrons. The Morgan fingerprint density at radius 2 is 1.39 bits per heavy atom. The summed E-state index contributed by atoms with van der Waals surface area (Å²) in [4.78, 5) is 23.8. The number of carbonyl (C=O) groups is 2. The summed E-state index contributed by atoms with van der Waals surface area (Å²) < 4.78 is 0. The molecule has 3 atom stereocenters. The van der Waals surface area contributed by atoms with Crippen molar-refractivity contribution < 1.29 is 19.8 Å². The average molecular weight is 428 g/mol. The minimum Gasteiger partial charge on any atom is -0.465 e. The molecule has 5 N–H and O–H groups in total. The fourth-order valence-electron chi connectivity index (χ4n) is 3.42. The molecule has 0 aliphatic carbocycles. The zero-order valence-corrected chi connectivity index (χ0v) is 18.3. The van der Waals surface area contributed by atoms with Crippen LogP contribution in [0.2, 0.25) is 0 Å². The van der Waals surface area contributed by atoms with Gasteiger partial charge in [-0.2, -0.15) is 0 Å². The number of amides is 3. The van der Waals surface area contributed by atoms with Crippen molar-refractivity contribution in [1.29, 1.82) is 0 Å². The van der Waals surface area contributed by atoms with Crippen LogP contribution in [0, 0.1) is 0 Å². The molecular formula is C24H33N3O4. The number of carbonyl (C=O) groups excluding carboxylic acids is 1. The highest BCUT2D eigenvalue weighted by Crippen LogP contribution is 2.14. The second-order valence-corrected chi connectivity index (χ2v) is 8.78. The molecule has 0 aromatic heterocycles. The Hall–Kier alpha value is -3.06. The minimum atomic E-state index is -1.20. The second-order valence-electron chi connectivity index (χ2n) is 8.78. The maximum atomic E-state index is 12.5. The lowest BCUT2D eigenvalue weighted by atomic mass is 9.93. The van der Waals surface area contributed by atoms with E-state index in [0.717, 1.165) is 11.1 Å². The molecule has 0 heterocycles. The predicted molar refractivity (Wildman–Crippen MR) is 121 cm³/mol. The van der Waals surface area contributed by atoms with E-state index in [1.807, 2.05) is 81.4 Å². The van der Waals surface area contributed by atoms with Gasteiger partial charge in [0.2, 0.25) is 0 Å². The molecule has 0 spiro atoms. The first kappa shape index (κ1) is 24.2. The summed E-state index contributed by atoms with van der Waals surface area (Å²) in [6.07, 6.45) is -1.12. The summed E-state index contributed by atoms with van der Waals surface area (Å²) in [5.74, 6) is 0. The number of hydrogen-bond donors (Lipinski definition) is 5. The van der Waals surface area contributed by atoms with Crippen molar-refractivity contribution >= 4 is 12.1 Å². The van der Waals surface area contributed by atoms with Crippen LogP contribution in [-0.2, 0) is 12.8 Å². The smallest absolute Gasteiger partial charge is 0.404 e. The van der Waals surface area contributed by atoms with E-state index in [-0.39, 0.29) is 18.5 Å². The second kappa shape index (κ2) is 11.4. The summed E-state index contributed by atoms with van der Waals surface area (Å²) >= 11 is 0. The third kappa shape index (κ3) is 9.53. The van der Waals surface area contributed by atoms with Gasteiger partial charge >= 0.3 is 12.1 Å². The molecule has 7 nitrogen and oxygen atoms in total. The minimum absolute atomic E-state index is 0.199. The van der Waals surface area contributed by atoms with E-state index >= 15 is 0 Å². The van der Waals surface area contributed by atoms with Crippen LogP contribution in [0.15, 0.2) is 60.7 Å². The lowest BCUT2D eigenvalue weighted by Gasteiger charge is -2.29. The maximum absolute atomic E-state index is 12.5. The normalized spacial score (nSPS) is 14.2. The van der Waals surface area contributed by atoms with Crippen molar-refractivity contribution in [2.45, 2.75) is 63.8 Å². The topological polar surface area (TPSA) is 111 Å². The summed E-state index contributed by atoms with van der Waals surface area (Å²) in [7, 11) is 0. The summed E-state index contributed by atoms with van der Waals surface area (Å²) in [5, 5.41) is 28.4. The van der Waals surface area contributed by atoms with E-state index in [0.29, 0.717) is 12.8 Å². The van der Waals surface area contributed by atoms with Crippen molar-refractivity contribution in [3.8, 4) is 0 Å². The van der Waals surface area contributed by atoms with Crippen molar-refractivity contribution in [3.05, 3.63) is 71.8 Å². The van der Waals surface area contributed by atoms with E-state index in [4.69, 9.17) is 0 Å². The van der Waals surface area contributed by atoms with Gasteiger partial charge in [-0.25, -0.2) is 9.59 Å². The van der Waals surface area contributed by atoms with Gasteiger partial charge in [-0.05, 0) is 51.2 Å². The van der Waals surface area contributed by atoms with Crippen LogP contribution < -0.4 is 16.0 Å². The number of aliphatic hydroxyl groups is 1. The quantitative estimate of drug-likeness (QED) is 0.423. The van der Waals surface area contributed by atoms with Crippen LogP contribution in [0.1, 0.15) is 38.3 Å². The van der Waals surface area contributed by atoms with Gasteiger partial charge in [0.15, 0.2) is 0 Å². The zero-order valence-electron chi connectivity index (χ0n) is 18.3. The van der Waals surface area contributed by atoms with E-state index < -0.39 is 23.8 Å². The van der Waals surface area contributed by atoms with E-state index in [1.165, 1.54) is 0 Å². The average Bonchev–Trinajstić information content (AvgIpc) is 2.67. The fraction of sp³-hybridized carbons (Fsp3) is 0.417. The van der Waals surface area contributed by atoms with Gasteiger partial charge in [-0.1, -0.05) is 60.7 Å². The first-order chi connectivity index (χ1) is 14.6. The third-order valence-electron chi connectivity index (χ3n) is 4.75. The molecule has 3 amide bonds. The van der Waals surface area contributed by atoms with Crippen molar-refractivity contribution in [2.24, 2.45) is 0 Å². The molecule has 2 aromatic carbocycles. The van der Waals surface area contributed by atoms with Crippen LogP contribution >= 0.6 is 0 Å². The summed E-state index contributed by atoms with van der Waals surface area (Å²) in [6, 6.07) is 17.7. The van der Waals surface area contributed by atoms with Crippen molar-refractivity contribution in [3.63, 3.8) is 0 Å². The monoisotopic (exact) mass is 427 g/mol. The van der Waals surface area contributed by atoms with Crippen LogP contribution in [0.4, 0.5) is 9.59 Å². The van der Waals surface area contributed by atoms with Crippen LogP contribution in [0.5, 0.6) is 0 Å². The zero-order chi connectivity index (χ0) is 22.9. The van der Waals surface area contributed by atoms with E-state index in [2.05, 4.69) is 16.0 Å². The highest BCUT2D eigenvalue weighted by Gasteiger charge is 2.26. The summed E-state index contributed by atoms with van der Waals surface area (Å²) in [5.41, 5.74) is 1.53. The molecule has 0 saturated carbocycles. The Labute approximate surface area is 183 Å². The van der Waals surface area contributed by atoms with Crippen LogP contribution in [-0.4, -0.2) is 46.1 Å². The summed E-state index contributed by atoms with van der Waals surface area (Å²) in [6.45, 7) is 5.67. The first-order valence-electron chi connectivity index (χ1n) is 10.5. The number of aliphatic hydroxyl groups excluding tert-OH is 1. The molecule has 2 aromatic rings. The highest BCUT2D eigenvalue weighted by molar-refractivity contribution is 5.75. The first-order valence-corrected chi connectivity index (χ1v) is 10.5. The van der Waals surface area contributed by atoms with Crippen LogP contribution in [0.25, 0.3) is 0 Å². The number of benzene rings is 2. The fourth-order valence-corrected chi connectivity index (χ4v) is 3.42. The number of carboxylic acid groups (broad SMARTS) is 1. The molecule has 0 aliphatic heterocycles. The van der Waals surface area contributed by atoms with Gasteiger partial charge in [0, 0.05) is 11.6 Å². The van der Waals surface area contributed by atoms with E-state index in [9.17, 15) is 19.8 Å². The molecule has 0 aliphatic rings. The Morgan fingerprint density at radius 1 is 0.871 bits per heavy atom. The van der Waals surface area contributed by atoms with Gasteiger partial charge in [0.1, 0.15) is 0 Å². The molecule has 31 heavy (non-hydrogen) atoms. The van der Waals surface area contributed by atoms with Gasteiger partial charge in [-0.15, -0.1) is 0 Å². The molecule has 0 unspecified atom stereocenters. The SMILES string of the molecule is CC(C)(C)NC(=O)N[C@@H](Cc1ccccc1)C[C@H](O)[C@H](Cc1ccccc1)NC(=O)O. The molecule has 0 radical (unpaired) electrons. The largest absolute Gasteiger partial charge is 0.465 e.